The Morgan fingerprint density at radius 3 is 2.80 bits per heavy atom. The number of halogens is 1. The maximum Gasteiger partial charge on any atom is 0.273 e. The quantitative estimate of drug-likeness (QED) is 0.545. The van der Waals surface area contributed by atoms with E-state index in [1.165, 1.54) is 18.4 Å². The number of amides is 2. The number of benzene rings is 2. The van der Waals surface area contributed by atoms with Crippen molar-refractivity contribution in [2.75, 3.05) is 6.54 Å². The molecule has 3 aromatic rings. The fourth-order valence-electron chi connectivity index (χ4n) is 4.48. The van der Waals surface area contributed by atoms with E-state index in [1.807, 2.05) is 43.0 Å². The highest BCUT2D eigenvalue weighted by atomic mass is 19.1. The van der Waals surface area contributed by atoms with Gasteiger partial charge in [-0.1, -0.05) is 18.2 Å². The van der Waals surface area contributed by atoms with Gasteiger partial charge in [-0.05, 0) is 74.1 Å². The second-order valence-corrected chi connectivity index (χ2v) is 9.42. The van der Waals surface area contributed by atoms with Crippen molar-refractivity contribution >= 4 is 11.8 Å². The summed E-state index contributed by atoms with van der Waals surface area (Å²) in [4.78, 5) is 31.3. The fraction of sp³-hybridized carbons (Fsp3) is 0.370. The number of carbonyl (C=O) groups excluding carboxylic acids is 2. The Hall–Kier alpha value is -3.68. The molecule has 1 N–H and O–H groups in total. The lowest BCUT2D eigenvalue weighted by Gasteiger charge is -2.38. The van der Waals surface area contributed by atoms with Crippen LogP contribution in [0.25, 0.3) is 0 Å². The van der Waals surface area contributed by atoms with Gasteiger partial charge in [-0.3, -0.25) is 9.59 Å². The van der Waals surface area contributed by atoms with Crippen LogP contribution in [0.15, 0.2) is 53.1 Å². The molecule has 35 heavy (non-hydrogen) atoms. The van der Waals surface area contributed by atoms with E-state index in [2.05, 4.69) is 10.3 Å². The van der Waals surface area contributed by atoms with Gasteiger partial charge >= 0.3 is 0 Å². The zero-order chi connectivity index (χ0) is 24.5. The Labute approximate surface area is 203 Å². The summed E-state index contributed by atoms with van der Waals surface area (Å²) in [6, 6.07) is 11.8. The zero-order valence-corrected chi connectivity index (χ0v) is 19.8. The van der Waals surface area contributed by atoms with Crippen LogP contribution in [-0.2, 0) is 17.8 Å². The molecule has 0 unspecified atom stereocenters. The van der Waals surface area contributed by atoms with Crippen LogP contribution in [0.3, 0.4) is 0 Å². The number of nitrogens with one attached hydrogen (secondary N) is 1. The maximum absolute atomic E-state index is 14.1. The maximum atomic E-state index is 14.1. The van der Waals surface area contributed by atoms with Crippen molar-refractivity contribution in [3.63, 3.8) is 0 Å². The largest absolute Gasteiger partial charge is 0.484 e. The van der Waals surface area contributed by atoms with Gasteiger partial charge < -0.3 is 19.4 Å². The molecule has 2 aliphatic rings. The van der Waals surface area contributed by atoms with Gasteiger partial charge in [0.05, 0.1) is 6.04 Å². The molecule has 1 aliphatic heterocycles. The summed E-state index contributed by atoms with van der Waals surface area (Å²) < 4.78 is 25.5. The lowest BCUT2D eigenvalue weighted by molar-refractivity contribution is -0.134. The normalized spacial score (nSPS) is 17.3. The molecule has 0 bridgehead atoms. The molecular weight excluding hydrogens is 449 g/mol. The summed E-state index contributed by atoms with van der Waals surface area (Å²) in [5, 5.41) is 2.77. The van der Waals surface area contributed by atoms with Crippen LogP contribution in [0, 0.1) is 11.7 Å². The third-order valence-electron chi connectivity index (χ3n) is 6.29. The summed E-state index contributed by atoms with van der Waals surface area (Å²) in [5.41, 5.74) is 2.97. The van der Waals surface area contributed by atoms with Crippen LogP contribution in [0.4, 0.5) is 4.39 Å². The highest BCUT2D eigenvalue weighted by Gasteiger charge is 2.39. The number of carbonyl (C=O) groups is 2. The van der Waals surface area contributed by atoms with Gasteiger partial charge in [0.2, 0.25) is 11.8 Å². The molecule has 1 saturated carbocycles. The van der Waals surface area contributed by atoms with E-state index in [4.69, 9.17) is 9.15 Å². The summed E-state index contributed by atoms with van der Waals surface area (Å²) in [6.07, 6.45) is 3.86. The van der Waals surface area contributed by atoms with E-state index in [9.17, 15) is 14.0 Å². The van der Waals surface area contributed by atoms with Crippen molar-refractivity contribution in [1.82, 2.24) is 15.2 Å². The summed E-state index contributed by atoms with van der Waals surface area (Å²) in [6.45, 7) is 4.38. The third-order valence-corrected chi connectivity index (χ3v) is 6.29. The number of nitrogens with zero attached hydrogens (tertiary/aromatic N) is 2. The first-order valence-electron chi connectivity index (χ1n) is 12.0. The van der Waals surface area contributed by atoms with E-state index < -0.39 is 0 Å². The second-order valence-electron chi connectivity index (χ2n) is 9.42. The topological polar surface area (TPSA) is 84.7 Å². The monoisotopic (exact) mass is 477 g/mol. The van der Waals surface area contributed by atoms with E-state index in [0.29, 0.717) is 12.3 Å². The van der Waals surface area contributed by atoms with Gasteiger partial charge in [0.15, 0.2) is 12.3 Å². The van der Waals surface area contributed by atoms with Gasteiger partial charge in [-0.25, -0.2) is 9.37 Å². The van der Waals surface area contributed by atoms with E-state index in [0.717, 1.165) is 36.0 Å². The Morgan fingerprint density at radius 2 is 2.06 bits per heavy atom. The number of fused-ring (bicyclic) bond motifs is 1. The molecule has 1 aliphatic carbocycles. The minimum absolute atomic E-state index is 0.00760. The molecule has 0 radical (unpaired) electrons. The van der Waals surface area contributed by atoms with Gasteiger partial charge in [0.1, 0.15) is 17.8 Å². The number of hydrogen-bond donors (Lipinski definition) is 1. The standard InChI is InChI=1S/C27H28FN3O4/c1-16(2)29-26(32)23-14-35-24(30-23)15-34-21-9-8-17-10-11-31(27(33)18-6-7-18)25(22(17)13-21)19-4-3-5-20(28)12-19/h3-5,8-9,12-14,16,18,25H,6-7,10-11,15H2,1-2H3,(H,29,32)/t25-/m0/s1. The molecular formula is C27H28FN3O4. The van der Waals surface area contributed by atoms with Crippen LogP contribution >= 0.6 is 0 Å². The minimum Gasteiger partial charge on any atom is -0.484 e. The molecule has 0 saturated heterocycles. The average molecular weight is 478 g/mol. The third kappa shape index (κ3) is 5.06. The molecule has 7 nitrogen and oxygen atoms in total. The number of rotatable bonds is 7. The predicted octanol–water partition coefficient (Wildman–Crippen LogP) is 4.42. The molecule has 1 aromatic heterocycles. The molecule has 8 heteroatoms. The summed E-state index contributed by atoms with van der Waals surface area (Å²) in [7, 11) is 0. The Morgan fingerprint density at radius 1 is 1.23 bits per heavy atom. The number of aromatic nitrogens is 1. The van der Waals surface area contributed by atoms with Crippen molar-refractivity contribution < 1.29 is 23.1 Å². The van der Waals surface area contributed by atoms with Gasteiger partial charge in [0.25, 0.3) is 5.91 Å². The molecule has 2 heterocycles. The first-order valence-corrected chi connectivity index (χ1v) is 12.0. The highest BCUT2D eigenvalue weighted by Crippen LogP contribution is 2.41. The summed E-state index contributed by atoms with van der Waals surface area (Å²) in [5.74, 6) is 0.424. The number of oxazole rings is 1. The predicted molar refractivity (Wildman–Crippen MR) is 126 cm³/mol. The van der Waals surface area contributed by atoms with Crippen LogP contribution in [0.1, 0.15) is 65.8 Å². The molecule has 5 rings (SSSR count). The second kappa shape index (κ2) is 9.52. The molecule has 2 amide bonds. The smallest absolute Gasteiger partial charge is 0.273 e. The molecule has 1 atom stereocenters. The minimum atomic E-state index is -0.376. The van der Waals surface area contributed by atoms with E-state index in [1.54, 1.807) is 6.07 Å². The first kappa shape index (κ1) is 23.1. The molecule has 2 aromatic carbocycles. The molecule has 1 fully saturated rings. The Bertz CT molecular complexity index is 1250. The van der Waals surface area contributed by atoms with Crippen molar-refractivity contribution in [3.05, 3.63) is 82.8 Å². The Balaban J connectivity index is 1.39. The fourth-order valence-corrected chi connectivity index (χ4v) is 4.48. The van der Waals surface area contributed by atoms with Crippen molar-refractivity contribution in [3.8, 4) is 5.75 Å². The van der Waals surface area contributed by atoms with Crippen LogP contribution in [0.5, 0.6) is 5.75 Å². The van der Waals surface area contributed by atoms with Gasteiger partial charge in [-0.2, -0.15) is 0 Å². The van der Waals surface area contributed by atoms with Crippen molar-refractivity contribution in [2.24, 2.45) is 5.92 Å². The molecule has 182 valence electrons. The van der Waals surface area contributed by atoms with Gasteiger partial charge in [0, 0.05) is 18.5 Å². The highest BCUT2D eigenvalue weighted by molar-refractivity contribution is 5.92. The van der Waals surface area contributed by atoms with Crippen molar-refractivity contribution in [1.29, 1.82) is 0 Å². The van der Waals surface area contributed by atoms with Crippen LogP contribution in [-0.4, -0.2) is 34.3 Å². The lowest BCUT2D eigenvalue weighted by Crippen LogP contribution is -2.41. The first-order chi connectivity index (χ1) is 16.9. The lowest BCUT2D eigenvalue weighted by atomic mass is 9.87. The average Bonchev–Trinajstić information content (AvgIpc) is 3.58. The summed E-state index contributed by atoms with van der Waals surface area (Å²) >= 11 is 0. The molecule has 0 spiro atoms. The SMILES string of the molecule is CC(C)NC(=O)c1coc(COc2ccc3c(c2)[C@H](c2cccc(F)c2)N(C(=O)C2CC2)CC3)n1. The van der Waals surface area contributed by atoms with Crippen molar-refractivity contribution in [2.45, 2.75) is 51.8 Å². The van der Waals surface area contributed by atoms with Gasteiger partial charge in [-0.15, -0.1) is 0 Å². The Kier molecular flexibility index (Phi) is 6.28. The van der Waals surface area contributed by atoms with E-state index in [-0.39, 0.29) is 53.8 Å². The van der Waals surface area contributed by atoms with Crippen LogP contribution in [0.2, 0.25) is 0 Å². The number of hydrogen-bond acceptors (Lipinski definition) is 5. The van der Waals surface area contributed by atoms with Crippen LogP contribution < -0.4 is 10.1 Å². The number of ether oxygens (including phenoxy) is 1. The van der Waals surface area contributed by atoms with E-state index >= 15 is 0 Å². The zero-order valence-electron chi connectivity index (χ0n) is 19.8.